The summed E-state index contributed by atoms with van der Waals surface area (Å²) >= 11 is 0. The van der Waals surface area contributed by atoms with Crippen LogP contribution in [0.15, 0.2) is 41.5 Å². The van der Waals surface area contributed by atoms with Gasteiger partial charge in [-0.15, -0.1) is 4.73 Å². The van der Waals surface area contributed by atoms with E-state index in [0.717, 1.165) is 18.2 Å². The van der Waals surface area contributed by atoms with Crippen molar-refractivity contribution in [3.8, 4) is 0 Å². The molecule has 3 aromatic rings. The van der Waals surface area contributed by atoms with Crippen LogP contribution in [-0.2, 0) is 12.7 Å². The number of pyridine rings is 1. The number of rotatable bonds is 3. The third-order valence-electron chi connectivity index (χ3n) is 3.70. The van der Waals surface area contributed by atoms with E-state index in [9.17, 15) is 23.2 Å². The monoisotopic (exact) mass is 350 g/mol. The molecule has 0 aliphatic carbocycles. The van der Waals surface area contributed by atoms with Crippen LogP contribution >= 0.6 is 0 Å². The molecular formula is C16H13F3N4O2. The normalized spacial score (nSPS) is 11.7. The third kappa shape index (κ3) is 3.25. The van der Waals surface area contributed by atoms with Crippen molar-refractivity contribution >= 4 is 16.7 Å². The van der Waals surface area contributed by atoms with Gasteiger partial charge in [-0.05, 0) is 24.6 Å². The first kappa shape index (κ1) is 16.7. The summed E-state index contributed by atoms with van der Waals surface area (Å²) in [6.07, 6.45) is -3.22. The maximum Gasteiger partial charge on any atom is 0.416 e. The first-order chi connectivity index (χ1) is 11.8. The number of nitrogens with zero attached hydrogens (tertiary/aromatic N) is 3. The van der Waals surface area contributed by atoms with E-state index in [-0.39, 0.29) is 12.2 Å². The number of fused-ring (bicyclic) bond motifs is 1. The van der Waals surface area contributed by atoms with Crippen LogP contribution in [0.3, 0.4) is 0 Å². The highest BCUT2D eigenvalue weighted by molar-refractivity contribution is 5.90. The van der Waals surface area contributed by atoms with E-state index in [1.54, 1.807) is 13.0 Å². The molecule has 3 rings (SSSR count). The second kappa shape index (κ2) is 6.08. The van der Waals surface area contributed by atoms with Crippen LogP contribution in [0.2, 0.25) is 0 Å². The maximum absolute atomic E-state index is 12.8. The number of anilines is 1. The Kier molecular flexibility index (Phi) is 4.07. The Morgan fingerprint density at radius 2 is 2.00 bits per heavy atom. The van der Waals surface area contributed by atoms with E-state index in [1.165, 1.54) is 12.4 Å². The standard InChI is InChI=1S/C16H13F3N4O2/c1-9-14-12(6-13(24)23(25)15(14)22-8-21-9)20-7-10-3-2-4-11(5-10)16(17,18)19/h2-6,8,20,25H,7H2,1H3. The molecule has 9 heteroatoms. The molecule has 25 heavy (non-hydrogen) atoms. The maximum atomic E-state index is 12.8. The Balaban J connectivity index is 1.97. The molecular weight excluding hydrogens is 337 g/mol. The van der Waals surface area contributed by atoms with Gasteiger partial charge in [0.2, 0.25) is 0 Å². The molecule has 1 aromatic carbocycles. The summed E-state index contributed by atoms with van der Waals surface area (Å²) in [4.78, 5) is 19.7. The number of hydrogen-bond acceptors (Lipinski definition) is 5. The SMILES string of the molecule is Cc1ncnc2c1c(NCc1cccc(C(F)(F)F)c1)cc(=O)n2O. The van der Waals surface area contributed by atoms with E-state index in [2.05, 4.69) is 15.3 Å². The van der Waals surface area contributed by atoms with Crippen molar-refractivity contribution in [1.82, 2.24) is 14.7 Å². The van der Waals surface area contributed by atoms with E-state index in [4.69, 9.17) is 0 Å². The van der Waals surface area contributed by atoms with Crippen molar-refractivity contribution in [1.29, 1.82) is 0 Å². The molecule has 0 aliphatic heterocycles. The van der Waals surface area contributed by atoms with Gasteiger partial charge in [0.25, 0.3) is 5.56 Å². The molecule has 2 N–H and O–H groups in total. The quantitative estimate of drug-likeness (QED) is 0.710. The molecule has 0 radical (unpaired) electrons. The van der Waals surface area contributed by atoms with Crippen LogP contribution in [0.1, 0.15) is 16.8 Å². The largest absolute Gasteiger partial charge is 0.423 e. The fourth-order valence-corrected chi connectivity index (χ4v) is 2.49. The van der Waals surface area contributed by atoms with Crippen molar-refractivity contribution in [2.24, 2.45) is 0 Å². The van der Waals surface area contributed by atoms with Crippen LogP contribution in [-0.4, -0.2) is 19.9 Å². The lowest BCUT2D eigenvalue weighted by molar-refractivity contribution is -0.137. The summed E-state index contributed by atoms with van der Waals surface area (Å²) in [5.41, 5.74) is -0.198. The van der Waals surface area contributed by atoms with Crippen LogP contribution < -0.4 is 10.9 Å². The lowest BCUT2D eigenvalue weighted by Gasteiger charge is -2.13. The van der Waals surface area contributed by atoms with Gasteiger partial charge in [0.05, 0.1) is 22.3 Å². The average molecular weight is 350 g/mol. The first-order valence-corrected chi connectivity index (χ1v) is 7.24. The zero-order valence-electron chi connectivity index (χ0n) is 13.0. The Morgan fingerprint density at radius 1 is 1.24 bits per heavy atom. The number of nitrogens with one attached hydrogen (secondary N) is 1. The van der Waals surface area contributed by atoms with Gasteiger partial charge in [0.15, 0.2) is 5.65 Å². The molecule has 0 saturated carbocycles. The second-order valence-corrected chi connectivity index (χ2v) is 5.42. The summed E-state index contributed by atoms with van der Waals surface area (Å²) in [5, 5.41) is 13.1. The molecule has 2 heterocycles. The average Bonchev–Trinajstić information content (AvgIpc) is 2.56. The Bertz CT molecular complexity index is 999. The second-order valence-electron chi connectivity index (χ2n) is 5.42. The van der Waals surface area contributed by atoms with E-state index >= 15 is 0 Å². The molecule has 0 atom stereocenters. The van der Waals surface area contributed by atoms with Crippen LogP contribution in [0.25, 0.3) is 11.0 Å². The van der Waals surface area contributed by atoms with Crippen molar-refractivity contribution < 1.29 is 18.4 Å². The fraction of sp³-hybridized carbons (Fsp3) is 0.188. The minimum atomic E-state index is -4.43. The number of benzene rings is 1. The fourth-order valence-electron chi connectivity index (χ4n) is 2.49. The van der Waals surface area contributed by atoms with E-state index < -0.39 is 17.3 Å². The lowest BCUT2D eigenvalue weighted by atomic mass is 10.1. The summed E-state index contributed by atoms with van der Waals surface area (Å²) < 4.78 is 38.7. The summed E-state index contributed by atoms with van der Waals surface area (Å²) in [6, 6.07) is 6.03. The van der Waals surface area contributed by atoms with Gasteiger partial charge in [-0.2, -0.15) is 13.2 Å². The van der Waals surface area contributed by atoms with Crippen LogP contribution in [0.5, 0.6) is 0 Å². The van der Waals surface area contributed by atoms with Crippen LogP contribution in [0, 0.1) is 6.92 Å². The Morgan fingerprint density at radius 3 is 2.72 bits per heavy atom. The molecule has 0 spiro atoms. The first-order valence-electron chi connectivity index (χ1n) is 7.24. The van der Waals surface area contributed by atoms with Gasteiger partial charge in [-0.3, -0.25) is 4.79 Å². The highest BCUT2D eigenvalue weighted by atomic mass is 19.4. The van der Waals surface area contributed by atoms with Gasteiger partial charge >= 0.3 is 6.18 Å². The molecule has 0 aliphatic rings. The molecule has 6 nitrogen and oxygen atoms in total. The third-order valence-corrected chi connectivity index (χ3v) is 3.70. The molecule has 130 valence electrons. The van der Waals surface area contributed by atoms with Gasteiger partial charge in [-0.25, -0.2) is 9.97 Å². The molecule has 2 aromatic heterocycles. The van der Waals surface area contributed by atoms with Gasteiger partial charge < -0.3 is 10.5 Å². The number of alkyl halides is 3. The Hall–Kier alpha value is -3.10. The van der Waals surface area contributed by atoms with Crippen molar-refractivity contribution in [3.05, 3.63) is 63.8 Å². The van der Waals surface area contributed by atoms with E-state index in [0.29, 0.717) is 27.1 Å². The Labute approximate surface area is 139 Å². The van der Waals surface area contributed by atoms with Crippen molar-refractivity contribution in [3.63, 3.8) is 0 Å². The summed E-state index contributed by atoms with van der Waals surface area (Å²) in [6.45, 7) is 1.73. The van der Waals surface area contributed by atoms with Gasteiger partial charge in [0, 0.05) is 12.6 Å². The predicted molar refractivity (Wildman–Crippen MR) is 84.5 cm³/mol. The van der Waals surface area contributed by atoms with Gasteiger partial charge in [0.1, 0.15) is 6.33 Å². The van der Waals surface area contributed by atoms with Crippen molar-refractivity contribution in [2.75, 3.05) is 5.32 Å². The topological polar surface area (TPSA) is 80.0 Å². The molecule has 0 unspecified atom stereocenters. The minimum Gasteiger partial charge on any atom is -0.423 e. The zero-order valence-corrected chi connectivity index (χ0v) is 13.0. The van der Waals surface area contributed by atoms with Crippen LogP contribution in [0.4, 0.5) is 18.9 Å². The number of aryl methyl sites for hydroxylation is 1. The summed E-state index contributed by atoms with van der Waals surface area (Å²) in [7, 11) is 0. The smallest absolute Gasteiger partial charge is 0.416 e. The number of halogens is 3. The van der Waals surface area contributed by atoms with Crippen molar-refractivity contribution in [2.45, 2.75) is 19.6 Å². The summed E-state index contributed by atoms with van der Waals surface area (Å²) in [5.74, 6) is 0. The lowest BCUT2D eigenvalue weighted by Crippen LogP contribution is -2.20. The molecule has 0 saturated heterocycles. The van der Waals surface area contributed by atoms with E-state index in [1.807, 2.05) is 0 Å². The van der Waals surface area contributed by atoms with Gasteiger partial charge in [-0.1, -0.05) is 12.1 Å². The number of hydrogen-bond donors (Lipinski definition) is 2. The molecule has 0 amide bonds. The molecule has 0 fully saturated rings. The predicted octanol–water partition coefficient (Wildman–Crippen LogP) is 2.97. The zero-order chi connectivity index (χ0) is 18.2. The highest BCUT2D eigenvalue weighted by Gasteiger charge is 2.30. The highest BCUT2D eigenvalue weighted by Crippen LogP contribution is 2.30. The number of aromatic nitrogens is 3. The molecule has 0 bridgehead atoms. The minimum absolute atomic E-state index is 0.0199.